The maximum Gasteiger partial charge on any atom is 0.330 e. The van der Waals surface area contributed by atoms with Crippen LogP contribution in [0.4, 0.5) is 5.69 Å². The van der Waals surface area contributed by atoms with Gasteiger partial charge in [0.15, 0.2) is 0 Å². The van der Waals surface area contributed by atoms with E-state index in [1.54, 1.807) is 17.0 Å². The molecule has 2 atom stereocenters. The molecule has 1 aliphatic rings. The Morgan fingerprint density at radius 3 is 2.75 bits per heavy atom. The molecule has 0 spiro atoms. The highest BCUT2D eigenvalue weighted by Gasteiger charge is 2.25. The first-order valence-corrected chi connectivity index (χ1v) is 7.41. The van der Waals surface area contributed by atoms with Gasteiger partial charge in [-0.2, -0.15) is 0 Å². The summed E-state index contributed by atoms with van der Waals surface area (Å²) in [6, 6.07) is 8.67. The van der Waals surface area contributed by atoms with E-state index in [0.717, 1.165) is 17.3 Å². The van der Waals surface area contributed by atoms with Gasteiger partial charge in [0.2, 0.25) is 0 Å². The summed E-state index contributed by atoms with van der Waals surface area (Å²) in [7, 11) is 0. The molecule has 3 rings (SSSR count). The lowest BCUT2D eigenvalue weighted by Gasteiger charge is -2.21. The van der Waals surface area contributed by atoms with Gasteiger partial charge in [-0.3, -0.25) is 4.57 Å². The molecule has 2 unspecified atom stereocenters. The number of nitrogens with one attached hydrogen (secondary N) is 2. The molecule has 0 bridgehead atoms. The predicted molar refractivity (Wildman–Crippen MR) is 81.4 cm³/mol. The molecule has 1 fully saturated rings. The summed E-state index contributed by atoms with van der Waals surface area (Å²) in [5.74, 6) is 0.793. The second-order valence-electron chi connectivity index (χ2n) is 5.53. The minimum absolute atomic E-state index is 0.104. The van der Waals surface area contributed by atoms with Crippen LogP contribution in [0.2, 0.25) is 0 Å². The van der Waals surface area contributed by atoms with Crippen molar-refractivity contribution >= 4 is 5.69 Å². The van der Waals surface area contributed by atoms with Gasteiger partial charge in [0.1, 0.15) is 0 Å². The number of rotatable bonds is 4. The molecule has 2 aromatic rings. The number of hydrogen-bond donors (Lipinski definition) is 2. The number of benzene rings is 1. The van der Waals surface area contributed by atoms with E-state index in [2.05, 4.69) is 29.4 Å². The van der Waals surface area contributed by atoms with E-state index >= 15 is 0 Å². The Bertz CT molecular complexity index is 611. The first kappa shape index (κ1) is 13.0. The molecule has 4 nitrogen and oxygen atoms in total. The van der Waals surface area contributed by atoms with Crippen LogP contribution in [-0.2, 0) is 0 Å². The van der Waals surface area contributed by atoms with Gasteiger partial charge in [0, 0.05) is 24.1 Å². The SMILES string of the molecule is CCC1CCCC1Nc1ccc(-n2cc[nH]c2=O)cc1. The molecule has 1 aliphatic carbocycles. The molecule has 0 radical (unpaired) electrons. The Morgan fingerprint density at radius 1 is 1.30 bits per heavy atom. The molecule has 1 saturated carbocycles. The smallest absolute Gasteiger partial charge is 0.330 e. The van der Waals surface area contributed by atoms with E-state index in [1.807, 2.05) is 12.1 Å². The summed E-state index contributed by atoms with van der Waals surface area (Å²) in [4.78, 5) is 14.2. The number of aromatic amines is 1. The van der Waals surface area contributed by atoms with Crippen LogP contribution in [0.1, 0.15) is 32.6 Å². The van der Waals surface area contributed by atoms with E-state index < -0.39 is 0 Å². The summed E-state index contributed by atoms with van der Waals surface area (Å²) >= 11 is 0. The van der Waals surface area contributed by atoms with E-state index in [9.17, 15) is 4.79 Å². The van der Waals surface area contributed by atoms with Crippen molar-refractivity contribution in [2.24, 2.45) is 5.92 Å². The van der Waals surface area contributed by atoms with Crippen LogP contribution in [0.25, 0.3) is 5.69 Å². The lowest BCUT2D eigenvalue weighted by molar-refractivity contribution is 0.489. The molecule has 20 heavy (non-hydrogen) atoms. The fourth-order valence-corrected chi connectivity index (χ4v) is 3.17. The Hall–Kier alpha value is -1.97. The molecule has 1 heterocycles. The topological polar surface area (TPSA) is 49.8 Å². The van der Waals surface area contributed by atoms with E-state index in [0.29, 0.717) is 6.04 Å². The molecule has 2 N–H and O–H groups in total. The zero-order valence-electron chi connectivity index (χ0n) is 11.8. The Balaban J connectivity index is 1.73. The lowest BCUT2D eigenvalue weighted by Crippen LogP contribution is -2.23. The zero-order valence-corrected chi connectivity index (χ0v) is 11.8. The summed E-state index contributed by atoms with van der Waals surface area (Å²) in [5, 5.41) is 3.63. The number of H-pyrrole nitrogens is 1. The molecule has 1 aromatic carbocycles. The van der Waals surface area contributed by atoms with Gasteiger partial charge in [-0.25, -0.2) is 4.79 Å². The summed E-state index contributed by atoms with van der Waals surface area (Å²) in [6.07, 6.45) is 8.57. The monoisotopic (exact) mass is 271 g/mol. The van der Waals surface area contributed by atoms with Crippen molar-refractivity contribution in [1.82, 2.24) is 9.55 Å². The second kappa shape index (κ2) is 5.57. The second-order valence-corrected chi connectivity index (χ2v) is 5.53. The van der Waals surface area contributed by atoms with Crippen molar-refractivity contribution in [3.05, 3.63) is 47.1 Å². The number of hydrogen-bond acceptors (Lipinski definition) is 2. The molecular formula is C16H21N3O. The van der Waals surface area contributed by atoms with E-state index in [1.165, 1.54) is 25.7 Å². The number of aromatic nitrogens is 2. The highest BCUT2D eigenvalue weighted by atomic mass is 16.1. The molecule has 0 saturated heterocycles. The Morgan fingerprint density at radius 2 is 2.10 bits per heavy atom. The highest BCUT2D eigenvalue weighted by Crippen LogP contribution is 2.30. The van der Waals surface area contributed by atoms with Gasteiger partial charge in [-0.1, -0.05) is 19.8 Å². The summed E-state index contributed by atoms with van der Waals surface area (Å²) in [5.41, 5.74) is 1.93. The van der Waals surface area contributed by atoms with Crippen LogP contribution in [-0.4, -0.2) is 15.6 Å². The largest absolute Gasteiger partial charge is 0.382 e. The number of anilines is 1. The third kappa shape index (κ3) is 2.50. The van der Waals surface area contributed by atoms with Gasteiger partial charge < -0.3 is 10.3 Å². The fourth-order valence-electron chi connectivity index (χ4n) is 3.17. The van der Waals surface area contributed by atoms with Crippen LogP contribution < -0.4 is 11.0 Å². The minimum Gasteiger partial charge on any atom is -0.382 e. The standard InChI is InChI=1S/C16H21N3O/c1-2-12-4-3-5-15(12)18-13-6-8-14(9-7-13)19-11-10-17-16(19)20/h6-12,15,18H,2-5H2,1H3,(H,17,20). The first-order valence-electron chi connectivity index (χ1n) is 7.41. The molecule has 1 aromatic heterocycles. The number of imidazole rings is 1. The predicted octanol–water partition coefficient (Wildman–Crippen LogP) is 3.16. The molecule has 0 aliphatic heterocycles. The molecule has 4 heteroatoms. The van der Waals surface area contributed by atoms with Gasteiger partial charge >= 0.3 is 5.69 Å². The van der Waals surface area contributed by atoms with Gasteiger partial charge in [-0.05, 0) is 43.0 Å². The van der Waals surface area contributed by atoms with Crippen LogP contribution in [0.15, 0.2) is 41.5 Å². The third-order valence-electron chi connectivity index (χ3n) is 4.33. The number of nitrogens with zero attached hydrogens (tertiary/aromatic N) is 1. The third-order valence-corrected chi connectivity index (χ3v) is 4.33. The summed E-state index contributed by atoms with van der Waals surface area (Å²) < 4.78 is 1.61. The normalized spacial score (nSPS) is 22.1. The van der Waals surface area contributed by atoms with E-state index in [4.69, 9.17) is 0 Å². The van der Waals surface area contributed by atoms with Crippen LogP contribution in [0, 0.1) is 5.92 Å². The lowest BCUT2D eigenvalue weighted by atomic mass is 10.0. The quantitative estimate of drug-likeness (QED) is 0.897. The van der Waals surface area contributed by atoms with Gasteiger partial charge in [-0.15, -0.1) is 0 Å². The fraction of sp³-hybridized carbons (Fsp3) is 0.438. The zero-order chi connectivity index (χ0) is 13.9. The van der Waals surface area contributed by atoms with Crippen molar-refractivity contribution < 1.29 is 0 Å². The molecular weight excluding hydrogens is 250 g/mol. The van der Waals surface area contributed by atoms with Crippen molar-refractivity contribution in [3.8, 4) is 5.69 Å². The molecule has 106 valence electrons. The van der Waals surface area contributed by atoms with Crippen LogP contribution >= 0.6 is 0 Å². The minimum atomic E-state index is -0.104. The maximum atomic E-state index is 11.6. The highest BCUT2D eigenvalue weighted by molar-refractivity contribution is 5.49. The van der Waals surface area contributed by atoms with Crippen LogP contribution in [0.3, 0.4) is 0 Å². The van der Waals surface area contributed by atoms with Crippen molar-refractivity contribution in [2.45, 2.75) is 38.6 Å². The van der Waals surface area contributed by atoms with Crippen molar-refractivity contribution in [3.63, 3.8) is 0 Å². The van der Waals surface area contributed by atoms with Crippen molar-refractivity contribution in [1.29, 1.82) is 0 Å². The average molecular weight is 271 g/mol. The average Bonchev–Trinajstić information content (AvgIpc) is 3.08. The maximum absolute atomic E-state index is 11.6. The molecule has 0 amide bonds. The van der Waals surface area contributed by atoms with Crippen LogP contribution in [0.5, 0.6) is 0 Å². The van der Waals surface area contributed by atoms with Gasteiger partial charge in [0.05, 0.1) is 5.69 Å². The summed E-state index contributed by atoms with van der Waals surface area (Å²) in [6.45, 7) is 2.27. The van der Waals surface area contributed by atoms with E-state index in [-0.39, 0.29) is 5.69 Å². The Labute approximate surface area is 118 Å². The Kier molecular flexibility index (Phi) is 3.63. The van der Waals surface area contributed by atoms with Crippen molar-refractivity contribution in [2.75, 3.05) is 5.32 Å². The van der Waals surface area contributed by atoms with Gasteiger partial charge in [0.25, 0.3) is 0 Å². The first-order chi connectivity index (χ1) is 9.78.